The molecule has 0 fully saturated rings. The quantitative estimate of drug-likeness (QED) is 0.583. The first-order chi connectivity index (χ1) is 12.3. The standard InChI is InChI=1S/C17H14BrN3O5/c1-9(10-3-5-15-13(6-10)20-16(22)8-26-15)19-17(23)11-2-4-12(18)14(7-11)21(24)25/h2-7,9H,8H2,1H3,(H,19,23)(H,20,22). The van der Waals surface area contributed by atoms with Gasteiger partial charge in [-0.1, -0.05) is 6.07 Å². The van der Waals surface area contributed by atoms with E-state index >= 15 is 0 Å². The van der Waals surface area contributed by atoms with E-state index in [9.17, 15) is 19.7 Å². The van der Waals surface area contributed by atoms with Gasteiger partial charge in [0.2, 0.25) is 0 Å². The number of fused-ring (bicyclic) bond motifs is 1. The molecule has 134 valence electrons. The molecule has 0 bridgehead atoms. The van der Waals surface area contributed by atoms with E-state index in [1.54, 1.807) is 25.1 Å². The van der Waals surface area contributed by atoms with Gasteiger partial charge in [-0.05, 0) is 52.7 Å². The Morgan fingerprint density at radius 2 is 2.12 bits per heavy atom. The summed E-state index contributed by atoms with van der Waals surface area (Å²) in [6.07, 6.45) is 0. The Labute approximate surface area is 156 Å². The SMILES string of the molecule is CC(NC(=O)c1ccc(Br)c([N+](=O)[O-])c1)c1ccc2c(c1)NC(=O)CO2. The van der Waals surface area contributed by atoms with Gasteiger partial charge < -0.3 is 15.4 Å². The zero-order valence-corrected chi connectivity index (χ0v) is 15.2. The maximum Gasteiger partial charge on any atom is 0.284 e. The lowest BCUT2D eigenvalue weighted by Gasteiger charge is -2.21. The molecule has 3 rings (SSSR count). The molecule has 2 aromatic carbocycles. The lowest BCUT2D eigenvalue weighted by atomic mass is 10.1. The predicted molar refractivity (Wildman–Crippen MR) is 97.2 cm³/mol. The topological polar surface area (TPSA) is 111 Å². The average Bonchev–Trinajstić information content (AvgIpc) is 2.61. The highest BCUT2D eigenvalue weighted by Crippen LogP contribution is 2.31. The van der Waals surface area contributed by atoms with E-state index in [2.05, 4.69) is 26.6 Å². The fourth-order valence-electron chi connectivity index (χ4n) is 2.53. The van der Waals surface area contributed by atoms with Gasteiger partial charge in [0.1, 0.15) is 5.75 Å². The molecule has 1 atom stereocenters. The maximum atomic E-state index is 12.4. The molecule has 1 aliphatic heterocycles. The summed E-state index contributed by atoms with van der Waals surface area (Å²) < 4.78 is 5.60. The van der Waals surface area contributed by atoms with Crippen molar-refractivity contribution in [1.82, 2.24) is 5.32 Å². The van der Waals surface area contributed by atoms with Gasteiger partial charge in [-0.2, -0.15) is 0 Å². The summed E-state index contributed by atoms with van der Waals surface area (Å²) in [5, 5.41) is 16.5. The number of halogens is 1. The minimum atomic E-state index is -0.559. The van der Waals surface area contributed by atoms with Crippen LogP contribution in [0, 0.1) is 10.1 Å². The fraction of sp³-hybridized carbons (Fsp3) is 0.176. The number of hydrogen-bond donors (Lipinski definition) is 2. The van der Waals surface area contributed by atoms with Crippen molar-refractivity contribution in [3.8, 4) is 5.75 Å². The van der Waals surface area contributed by atoms with Crippen LogP contribution < -0.4 is 15.4 Å². The number of rotatable bonds is 4. The van der Waals surface area contributed by atoms with Crippen LogP contribution in [0.4, 0.5) is 11.4 Å². The van der Waals surface area contributed by atoms with Crippen LogP contribution in [0.3, 0.4) is 0 Å². The van der Waals surface area contributed by atoms with Crippen LogP contribution in [0.25, 0.3) is 0 Å². The minimum absolute atomic E-state index is 0.0268. The van der Waals surface area contributed by atoms with Crippen LogP contribution in [-0.2, 0) is 4.79 Å². The third-order valence-electron chi connectivity index (χ3n) is 3.89. The van der Waals surface area contributed by atoms with Crippen molar-refractivity contribution in [1.29, 1.82) is 0 Å². The molecule has 26 heavy (non-hydrogen) atoms. The smallest absolute Gasteiger partial charge is 0.284 e. The summed E-state index contributed by atoms with van der Waals surface area (Å²) in [6, 6.07) is 9.02. The van der Waals surface area contributed by atoms with Crippen LogP contribution in [0.1, 0.15) is 28.9 Å². The van der Waals surface area contributed by atoms with Gasteiger partial charge in [0.25, 0.3) is 17.5 Å². The van der Waals surface area contributed by atoms with Gasteiger partial charge in [0, 0.05) is 11.6 Å². The summed E-state index contributed by atoms with van der Waals surface area (Å²) >= 11 is 3.09. The zero-order chi connectivity index (χ0) is 18.8. The van der Waals surface area contributed by atoms with E-state index in [4.69, 9.17) is 4.74 Å². The van der Waals surface area contributed by atoms with Crippen molar-refractivity contribution in [2.24, 2.45) is 0 Å². The van der Waals surface area contributed by atoms with E-state index in [1.807, 2.05) is 0 Å². The van der Waals surface area contributed by atoms with E-state index in [1.165, 1.54) is 18.2 Å². The highest BCUT2D eigenvalue weighted by atomic mass is 79.9. The number of carbonyl (C=O) groups is 2. The van der Waals surface area contributed by atoms with Gasteiger partial charge in [-0.15, -0.1) is 0 Å². The second-order valence-electron chi connectivity index (χ2n) is 5.71. The van der Waals surface area contributed by atoms with Gasteiger partial charge in [0.05, 0.1) is 21.1 Å². The first kappa shape index (κ1) is 17.9. The second-order valence-corrected chi connectivity index (χ2v) is 6.57. The lowest BCUT2D eigenvalue weighted by Crippen LogP contribution is -2.28. The van der Waals surface area contributed by atoms with Crippen LogP contribution in [0.2, 0.25) is 0 Å². The summed E-state index contributed by atoms with van der Waals surface area (Å²) in [4.78, 5) is 34.3. The third-order valence-corrected chi connectivity index (χ3v) is 4.56. The molecule has 1 heterocycles. The predicted octanol–water partition coefficient (Wildman–Crippen LogP) is 3.18. The minimum Gasteiger partial charge on any atom is -0.482 e. The molecule has 2 aromatic rings. The summed E-state index contributed by atoms with van der Waals surface area (Å²) in [6.45, 7) is 1.75. The van der Waals surface area contributed by atoms with Crippen molar-refractivity contribution < 1.29 is 19.2 Å². The van der Waals surface area contributed by atoms with E-state index < -0.39 is 10.8 Å². The molecule has 2 N–H and O–H groups in total. The fourth-order valence-corrected chi connectivity index (χ4v) is 2.92. The molecule has 0 radical (unpaired) electrons. The van der Waals surface area contributed by atoms with Crippen LogP contribution in [0.15, 0.2) is 40.9 Å². The number of nitrogens with zero attached hydrogens (tertiary/aromatic N) is 1. The average molecular weight is 420 g/mol. The number of hydrogen-bond acceptors (Lipinski definition) is 5. The van der Waals surface area contributed by atoms with Crippen molar-refractivity contribution in [3.63, 3.8) is 0 Å². The molecule has 1 unspecified atom stereocenters. The second kappa shape index (κ2) is 7.12. The normalized spacial score (nSPS) is 13.8. The van der Waals surface area contributed by atoms with Crippen molar-refractivity contribution in [2.45, 2.75) is 13.0 Å². The maximum absolute atomic E-state index is 12.4. The number of nitro benzene ring substituents is 1. The molecular formula is C17H14BrN3O5. The number of benzene rings is 2. The molecule has 0 saturated carbocycles. The zero-order valence-electron chi connectivity index (χ0n) is 13.6. The molecule has 0 spiro atoms. The number of carbonyl (C=O) groups excluding carboxylic acids is 2. The Kier molecular flexibility index (Phi) is 4.90. The molecule has 1 aliphatic rings. The molecule has 0 saturated heterocycles. The summed E-state index contributed by atoms with van der Waals surface area (Å²) in [5.41, 5.74) is 1.30. The first-order valence-corrected chi connectivity index (χ1v) is 8.46. The lowest BCUT2D eigenvalue weighted by molar-refractivity contribution is -0.385. The Morgan fingerprint density at radius 1 is 1.35 bits per heavy atom. The number of nitro groups is 1. The van der Waals surface area contributed by atoms with Gasteiger partial charge >= 0.3 is 0 Å². The van der Waals surface area contributed by atoms with Crippen molar-refractivity contribution in [2.75, 3.05) is 11.9 Å². The molecule has 0 aliphatic carbocycles. The van der Waals surface area contributed by atoms with Gasteiger partial charge in [-0.3, -0.25) is 19.7 Å². The molecule has 0 aromatic heterocycles. The molecular weight excluding hydrogens is 406 g/mol. The van der Waals surface area contributed by atoms with Crippen LogP contribution in [0.5, 0.6) is 5.75 Å². The number of ether oxygens (including phenoxy) is 1. The van der Waals surface area contributed by atoms with Crippen molar-refractivity contribution >= 4 is 39.1 Å². The van der Waals surface area contributed by atoms with Gasteiger partial charge in [-0.25, -0.2) is 0 Å². The van der Waals surface area contributed by atoms with E-state index in [0.29, 0.717) is 15.9 Å². The Balaban J connectivity index is 1.78. The first-order valence-electron chi connectivity index (χ1n) is 7.66. The molecule has 8 nitrogen and oxygen atoms in total. The number of nitrogens with one attached hydrogen (secondary N) is 2. The highest BCUT2D eigenvalue weighted by Gasteiger charge is 2.20. The summed E-state index contributed by atoms with van der Waals surface area (Å²) in [5.74, 6) is -0.116. The van der Waals surface area contributed by atoms with Crippen LogP contribution >= 0.6 is 15.9 Å². The Morgan fingerprint density at radius 3 is 2.85 bits per heavy atom. The van der Waals surface area contributed by atoms with Crippen molar-refractivity contribution in [3.05, 3.63) is 62.1 Å². The monoisotopic (exact) mass is 419 g/mol. The largest absolute Gasteiger partial charge is 0.482 e. The van der Waals surface area contributed by atoms with Gasteiger partial charge in [0.15, 0.2) is 6.61 Å². The third kappa shape index (κ3) is 3.67. The molecule has 9 heteroatoms. The Hall–Kier alpha value is -2.94. The Bertz CT molecular complexity index is 915. The summed E-state index contributed by atoms with van der Waals surface area (Å²) in [7, 11) is 0. The van der Waals surface area contributed by atoms with E-state index in [0.717, 1.165) is 5.56 Å². The number of amides is 2. The van der Waals surface area contributed by atoms with Crippen LogP contribution in [-0.4, -0.2) is 23.3 Å². The number of anilines is 1. The molecule has 2 amide bonds. The highest BCUT2D eigenvalue weighted by molar-refractivity contribution is 9.10. The van der Waals surface area contributed by atoms with E-state index in [-0.39, 0.29) is 29.8 Å².